The molecule has 0 bridgehead atoms. The smallest absolute Gasteiger partial charge is 0.410 e. The first-order chi connectivity index (χ1) is 19.1. The highest BCUT2D eigenvalue weighted by molar-refractivity contribution is 7.84. The van der Waals surface area contributed by atoms with Crippen LogP contribution >= 0.6 is 11.6 Å². The number of aromatic nitrogens is 2. The largest absolute Gasteiger partial charge is 0.444 e. The minimum Gasteiger partial charge on any atom is -0.444 e. The van der Waals surface area contributed by atoms with Crippen molar-refractivity contribution < 1.29 is 13.7 Å². The number of piperazine rings is 1. The lowest BCUT2D eigenvalue weighted by Crippen LogP contribution is -2.56. The van der Waals surface area contributed by atoms with Crippen molar-refractivity contribution in [3.05, 3.63) is 52.7 Å². The molecule has 2 aliphatic rings. The van der Waals surface area contributed by atoms with Crippen LogP contribution in [0.1, 0.15) is 38.4 Å². The fourth-order valence-electron chi connectivity index (χ4n) is 5.41. The predicted octanol–water partition coefficient (Wildman–Crippen LogP) is 4.92. The van der Waals surface area contributed by atoms with Crippen molar-refractivity contribution in [1.82, 2.24) is 14.9 Å². The first-order valence-corrected chi connectivity index (χ1v) is 15.3. The van der Waals surface area contributed by atoms with E-state index < -0.39 is 22.5 Å². The fourth-order valence-corrected chi connectivity index (χ4v) is 6.15. The second-order valence-electron chi connectivity index (χ2n) is 11.1. The van der Waals surface area contributed by atoms with Crippen LogP contribution in [-0.4, -0.2) is 69.2 Å². The number of nitrogens with zero attached hydrogens (tertiary/aromatic N) is 6. The second-order valence-corrected chi connectivity index (χ2v) is 12.8. The Morgan fingerprint density at radius 1 is 1.15 bits per heavy atom. The third-order valence-electron chi connectivity index (χ3n) is 7.19. The zero-order valence-corrected chi connectivity index (χ0v) is 24.8. The van der Waals surface area contributed by atoms with Gasteiger partial charge >= 0.3 is 6.09 Å². The topological polar surface area (TPSA) is 103 Å². The number of hydrogen-bond acceptors (Lipinski definition) is 8. The molecule has 3 heterocycles. The first kappa shape index (κ1) is 28.1. The maximum atomic E-state index is 12.9. The SMILES string of the molecule is CS(=O)c1nc2c(c(N3CCN(C(=O)OC(C)(C)C)[C@@H](CC#N)C3)n1)CCN(c1cccc3cccc(Cl)c13)C2. The Morgan fingerprint density at radius 3 is 2.60 bits per heavy atom. The lowest BCUT2D eigenvalue weighted by Gasteiger charge is -2.42. The fraction of sp³-hybridized carbons (Fsp3) is 0.448. The van der Waals surface area contributed by atoms with Crippen LogP contribution in [0.2, 0.25) is 5.02 Å². The lowest BCUT2D eigenvalue weighted by molar-refractivity contribution is 0.0144. The molecule has 3 aromatic rings. The van der Waals surface area contributed by atoms with Crippen LogP contribution in [0.4, 0.5) is 16.3 Å². The highest BCUT2D eigenvalue weighted by Crippen LogP contribution is 2.37. The zero-order valence-electron chi connectivity index (χ0n) is 23.2. The molecule has 5 rings (SSSR count). The number of anilines is 2. The number of benzene rings is 2. The van der Waals surface area contributed by atoms with E-state index in [9.17, 15) is 14.3 Å². The molecule has 1 aromatic heterocycles. The Bertz CT molecular complexity index is 1510. The number of fused-ring (bicyclic) bond motifs is 2. The molecule has 1 unspecified atom stereocenters. The van der Waals surface area contributed by atoms with Crippen molar-refractivity contribution in [2.75, 3.05) is 42.2 Å². The highest BCUT2D eigenvalue weighted by atomic mass is 35.5. The van der Waals surface area contributed by atoms with Crippen molar-refractivity contribution in [3.63, 3.8) is 0 Å². The summed E-state index contributed by atoms with van der Waals surface area (Å²) in [5, 5.41) is 12.6. The zero-order chi connectivity index (χ0) is 28.6. The number of nitriles is 1. The molecule has 2 atom stereocenters. The van der Waals surface area contributed by atoms with Crippen molar-refractivity contribution in [3.8, 4) is 6.07 Å². The van der Waals surface area contributed by atoms with Gasteiger partial charge in [-0.3, -0.25) is 4.21 Å². The van der Waals surface area contributed by atoms with Gasteiger partial charge in [-0.15, -0.1) is 0 Å². The van der Waals surface area contributed by atoms with Gasteiger partial charge in [0.25, 0.3) is 0 Å². The van der Waals surface area contributed by atoms with Gasteiger partial charge in [-0.1, -0.05) is 35.9 Å². The first-order valence-electron chi connectivity index (χ1n) is 13.3. The molecule has 40 heavy (non-hydrogen) atoms. The summed E-state index contributed by atoms with van der Waals surface area (Å²) in [6.45, 7) is 8.09. The van der Waals surface area contributed by atoms with Crippen LogP contribution in [0.25, 0.3) is 10.8 Å². The van der Waals surface area contributed by atoms with Gasteiger partial charge in [-0.05, 0) is 44.7 Å². The van der Waals surface area contributed by atoms with Crippen LogP contribution in [0.5, 0.6) is 0 Å². The molecule has 1 fully saturated rings. The predicted molar refractivity (Wildman–Crippen MR) is 157 cm³/mol. The summed E-state index contributed by atoms with van der Waals surface area (Å²) in [6.07, 6.45) is 2.02. The van der Waals surface area contributed by atoms with Crippen LogP contribution < -0.4 is 9.80 Å². The van der Waals surface area contributed by atoms with Crippen molar-refractivity contribution in [1.29, 1.82) is 5.26 Å². The number of rotatable bonds is 4. The van der Waals surface area contributed by atoms with Crippen LogP contribution in [-0.2, 0) is 28.5 Å². The third-order valence-corrected chi connectivity index (χ3v) is 8.20. The molecule has 0 radical (unpaired) electrons. The number of carbonyl (C=O) groups excluding carboxylic acids is 1. The number of amides is 1. The van der Waals surface area contributed by atoms with Gasteiger partial charge in [-0.2, -0.15) is 5.26 Å². The molecule has 0 N–H and O–H groups in total. The monoisotopic (exact) mass is 580 g/mol. The molecule has 210 valence electrons. The minimum atomic E-state index is -1.39. The summed E-state index contributed by atoms with van der Waals surface area (Å²) in [5.41, 5.74) is 2.25. The van der Waals surface area contributed by atoms with Gasteiger partial charge in [0.15, 0.2) is 0 Å². The molecule has 9 nitrogen and oxygen atoms in total. The molecule has 0 saturated carbocycles. The average molecular weight is 581 g/mol. The Hall–Kier alpha value is -3.42. The molecule has 1 saturated heterocycles. The van der Waals surface area contributed by atoms with E-state index in [0.29, 0.717) is 37.6 Å². The van der Waals surface area contributed by atoms with Gasteiger partial charge in [0.05, 0.1) is 46.6 Å². The molecule has 0 spiro atoms. The Labute approximate surface area is 242 Å². The number of carbonyl (C=O) groups is 1. The summed E-state index contributed by atoms with van der Waals surface area (Å²) in [6, 6.07) is 13.9. The molecule has 2 aliphatic heterocycles. The van der Waals surface area contributed by atoms with E-state index in [1.54, 1.807) is 11.2 Å². The molecule has 1 amide bonds. The van der Waals surface area contributed by atoms with E-state index in [4.69, 9.17) is 26.3 Å². The Balaban J connectivity index is 1.47. The van der Waals surface area contributed by atoms with Gasteiger partial charge < -0.3 is 19.4 Å². The second kappa shape index (κ2) is 11.2. The van der Waals surface area contributed by atoms with Crippen molar-refractivity contribution >= 4 is 50.8 Å². The average Bonchev–Trinajstić information content (AvgIpc) is 2.91. The molecule has 2 aromatic carbocycles. The van der Waals surface area contributed by atoms with E-state index in [1.807, 2.05) is 39.0 Å². The quantitative estimate of drug-likeness (QED) is 0.401. The lowest BCUT2D eigenvalue weighted by atomic mass is 10.0. The van der Waals surface area contributed by atoms with E-state index in [1.165, 1.54) is 0 Å². The molecular formula is C29H33ClN6O3S. The van der Waals surface area contributed by atoms with Gasteiger partial charge in [0.1, 0.15) is 11.4 Å². The summed E-state index contributed by atoms with van der Waals surface area (Å²) in [5.74, 6) is 0.734. The maximum Gasteiger partial charge on any atom is 0.410 e. The van der Waals surface area contributed by atoms with Gasteiger partial charge in [0, 0.05) is 49.1 Å². The standard InChI is InChI=1S/C29H33ClN6O3S/c1-29(2,3)39-28(37)36-16-15-35(17-20(36)11-13-31)26-21-12-14-34(18-23(21)32-27(33-26)40(4)38)24-10-6-8-19-7-5-9-22(30)25(19)24/h5-10,20H,11-12,14-18H2,1-4H3/t20-,40?/m0/s1. The number of hydrogen-bond donors (Lipinski definition) is 0. The van der Waals surface area contributed by atoms with E-state index in [2.05, 4.69) is 34.1 Å². The Kier molecular flexibility index (Phi) is 7.89. The van der Waals surface area contributed by atoms with Crippen molar-refractivity contribution in [2.45, 2.75) is 57.0 Å². The number of halogens is 1. The summed E-state index contributed by atoms with van der Waals surface area (Å²) in [4.78, 5) is 28.4. The maximum absolute atomic E-state index is 12.9. The minimum absolute atomic E-state index is 0.172. The van der Waals surface area contributed by atoms with Gasteiger partial charge in [0.2, 0.25) is 5.16 Å². The normalized spacial score (nSPS) is 18.3. The summed E-state index contributed by atoms with van der Waals surface area (Å²) < 4.78 is 18.2. The van der Waals surface area contributed by atoms with E-state index in [-0.39, 0.29) is 17.6 Å². The van der Waals surface area contributed by atoms with E-state index >= 15 is 0 Å². The Morgan fingerprint density at radius 2 is 1.90 bits per heavy atom. The van der Waals surface area contributed by atoms with Crippen molar-refractivity contribution in [2.24, 2.45) is 0 Å². The molecule has 0 aliphatic carbocycles. The van der Waals surface area contributed by atoms with Crippen LogP contribution in [0, 0.1) is 11.3 Å². The molecule has 11 heteroatoms. The van der Waals surface area contributed by atoms with Crippen LogP contribution in [0.15, 0.2) is 41.6 Å². The summed E-state index contributed by atoms with van der Waals surface area (Å²) in [7, 11) is -1.39. The van der Waals surface area contributed by atoms with Crippen LogP contribution in [0.3, 0.4) is 0 Å². The highest BCUT2D eigenvalue weighted by Gasteiger charge is 2.36. The summed E-state index contributed by atoms with van der Waals surface area (Å²) >= 11 is 6.62. The third kappa shape index (κ3) is 5.72. The van der Waals surface area contributed by atoms with Gasteiger partial charge in [-0.25, -0.2) is 14.8 Å². The number of ether oxygens (including phenoxy) is 1. The van der Waals surface area contributed by atoms with E-state index in [0.717, 1.165) is 40.1 Å². The molecular weight excluding hydrogens is 548 g/mol.